The summed E-state index contributed by atoms with van der Waals surface area (Å²) in [5, 5.41) is 10.7. The average Bonchev–Trinajstić information content (AvgIpc) is 2.43. The first-order valence-electron chi connectivity index (χ1n) is 5.51. The molecule has 0 bridgehead atoms. The van der Waals surface area contributed by atoms with Crippen LogP contribution in [0.5, 0.6) is 5.88 Å². The number of halogens is 6. The van der Waals surface area contributed by atoms with Crippen LogP contribution < -0.4 is 4.74 Å². The Balaban J connectivity index is 2.78. The first-order chi connectivity index (χ1) is 10.8. The zero-order valence-electron chi connectivity index (χ0n) is 11.1. The summed E-state index contributed by atoms with van der Waals surface area (Å²) < 4.78 is 91.4. The third-order valence-electron chi connectivity index (χ3n) is 2.12. The Morgan fingerprint density at radius 3 is 2.33 bits per heavy atom. The quantitative estimate of drug-likeness (QED) is 0.209. The fourth-order valence-corrected chi connectivity index (χ4v) is 1.88. The van der Waals surface area contributed by atoms with Crippen LogP contribution in [-0.2, 0) is 14.3 Å². The van der Waals surface area contributed by atoms with Crippen molar-refractivity contribution in [1.29, 1.82) is 0 Å². The number of nitro groups is 1. The largest absolute Gasteiger partial charge is 0.523 e. The fraction of sp³-hybridized carbons (Fsp3) is 0.444. The first kappa shape index (κ1) is 20.4. The molecule has 0 unspecified atom stereocenters. The molecule has 0 saturated heterocycles. The molecule has 0 N–H and O–H groups in total. The summed E-state index contributed by atoms with van der Waals surface area (Å²) in [6.45, 7) is -3.87. The molecule has 0 fully saturated rings. The monoisotopic (exact) mass is 444 g/mol. The van der Waals surface area contributed by atoms with E-state index in [1.54, 1.807) is 0 Å². The molecular formula is C9H6BrF5N2O6S. The highest BCUT2D eigenvalue weighted by atomic mass is 79.9. The predicted molar refractivity (Wildman–Crippen MR) is 70.0 cm³/mol. The van der Waals surface area contributed by atoms with Crippen LogP contribution >= 0.6 is 15.9 Å². The maximum absolute atomic E-state index is 13.4. The zero-order chi connectivity index (χ0) is 18.8. The highest BCUT2D eigenvalue weighted by molar-refractivity contribution is 9.10. The molecule has 0 saturated carbocycles. The van der Waals surface area contributed by atoms with Crippen molar-refractivity contribution >= 4 is 31.7 Å². The average molecular weight is 445 g/mol. The topological polar surface area (TPSA) is 109 Å². The third kappa shape index (κ3) is 5.48. The molecule has 24 heavy (non-hydrogen) atoms. The van der Waals surface area contributed by atoms with Crippen molar-refractivity contribution in [2.24, 2.45) is 0 Å². The van der Waals surface area contributed by atoms with Gasteiger partial charge in [0, 0.05) is 16.7 Å². The number of ether oxygens (including phenoxy) is 1. The Hall–Kier alpha value is -1.61. The van der Waals surface area contributed by atoms with Crippen LogP contribution in [0.2, 0.25) is 0 Å². The van der Waals surface area contributed by atoms with Crippen LogP contribution in [0, 0.1) is 10.1 Å². The van der Waals surface area contributed by atoms with Gasteiger partial charge in [-0.25, -0.2) is 13.8 Å². The van der Waals surface area contributed by atoms with E-state index in [4.69, 9.17) is 0 Å². The van der Waals surface area contributed by atoms with Gasteiger partial charge in [0.1, 0.15) is 6.61 Å². The normalized spacial score (nSPS) is 12.9. The molecule has 0 aliphatic carbocycles. The number of pyridine rings is 1. The predicted octanol–water partition coefficient (Wildman–Crippen LogP) is 2.63. The Morgan fingerprint density at radius 1 is 1.25 bits per heavy atom. The second-order valence-corrected chi connectivity index (χ2v) is 6.56. The molecule has 0 aromatic carbocycles. The fourth-order valence-electron chi connectivity index (χ4n) is 1.10. The van der Waals surface area contributed by atoms with Gasteiger partial charge in [-0.1, -0.05) is 0 Å². The Labute approximate surface area is 139 Å². The van der Waals surface area contributed by atoms with E-state index in [0.29, 0.717) is 0 Å². The molecule has 8 nitrogen and oxygen atoms in total. The van der Waals surface area contributed by atoms with Gasteiger partial charge in [-0.2, -0.15) is 21.6 Å². The molecule has 15 heteroatoms. The van der Waals surface area contributed by atoms with Crippen LogP contribution in [0.3, 0.4) is 0 Å². The molecule has 1 heterocycles. The number of aromatic nitrogens is 1. The molecular weight excluding hydrogens is 439 g/mol. The molecule has 0 spiro atoms. The van der Waals surface area contributed by atoms with E-state index in [2.05, 4.69) is 29.8 Å². The van der Waals surface area contributed by atoms with Gasteiger partial charge < -0.3 is 4.74 Å². The van der Waals surface area contributed by atoms with E-state index < -0.39 is 51.3 Å². The van der Waals surface area contributed by atoms with E-state index in [1.807, 2.05) is 0 Å². The molecule has 0 aliphatic heterocycles. The summed E-state index contributed by atoms with van der Waals surface area (Å²) in [5.74, 6) is -5.03. The second kappa shape index (κ2) is 7.10. The van der Waals surface area contributed by atoms with Crippen molar-refractivity contribution in [2.45, 2.75) is 11.4 Å². The zero-order valence-corrected chi connectivity index (χ0v) is 13.5. The van der Waals surface area contributed by atoms with Gasteiger partial charge in [0.05, 0.1) is 4.92 Å². The smallest absolute Gasteiger partial charge is 0.466 e. The summed E-state index contributed by atoms with van der Waals surface area (Å²) in [6.07, 6.45) is 0.991. The van der Waals surface area contributed by atoms with Gasteiger partial charge in [0.25, 0.3) is 5.88 Å². The van der Waals surface area contributed by atoms with Crippen LogP contribution in [0.15, 0.2) is 16.7 Å². The van der Waals surface area contributed by atoms with E-state index in [0.717, 1.165) is 12.3 Å². The van der Waals surface area contributed by atoms with Gasteiger partial charge in [-0.15, -0.1) is 0 Å². The SMILES string of the molecule is O=[N+]([O-])c1cc(Br)cnc1OCC(F)(F)COS(=O)(=O)C(F)(F)F. The standard InChI is InChI=1S/C9H6BrF5N2O6S/c10-5-1-6(17(18)19)7(16-2-5)22-3-8(11,12)4-23-24(20,21)9(13,14)15/h1-2H,3-4H2. The van der Waals surface area contributed by atoms with Crippen LogP contribution in [0.4, 0.5) is 27.6 Å². The lowest BCUT2D eigenvalue weighted by Gasteiger charge is -2.17. The lowest BCUT2D eigenvalue weighted by molar-refractivity contribution is -0.386. The molecule has 0 radical (unpaired) electrons. The third-order valence-corrected chi connectivity index (χ3v) is 3.55. The van der Waals surface area contributed by atoms with E-state index in [1.165, 1.54) is 0 Å². The van der Waals surface area contributed by atoms with E-state index in [9.17, 15) is 40.5 Å². The Bertz CT molecular complexity index is 726. The summed E-state index contributed by atoms with van der Waals surface area (Å²) in [5.41, 5.74) is -6.65. The van der Waals surface area contributed by atoms with Crippen molar-refractivity contribution in [3.05, 3.63) is 26.9 Å². The summed E-state index contributed by atoms with van der Waals surface area (Å²) in [4.78, 5) is 13.1. The van der Waals surface area contributed by atoms with Gasteiger partial charge in [0.2, 0.25) is 0 Å². The summed E-state index contributed by atoms with van der Waals surface area (Å²) >= 11 is 2.86. The van der Waals surface area contributed by atoms with Crippen LogP contribution in [0.25, 0.3) is 0 Å². The molecule has 0 aliphatic rings. The summed E-state index contributed by atoms with van der Waals surface area (Å²) in [7, 11) is -6.21. The highest BCUT2D eigenvalue weighted by Gasteiger charge is 2.49. The maximum Gasteiger partial charge on any atom is 0.523 e. The van der Waals surface area contributed by atoms with Gasteiger partial charge in [-0.05, 0) is 15.9 Å². The highest BCUT2D eigenvalue weighted by Crippen LogP contribution is 2.30. The minimum atomic E-state index is -6.21. The number of alkyl halides is 5. The number of hydrogen-bond donors (Lipinski definition) is 0. The molecule has 136 valence electrons. The van der Waals surface area contributed by atoms with Crippen molar-refractivity contribution in [1.82, 2.24) is 4.98 Å². The van der Waals surface area contributed by atoms with Gasteiger partial charge in [0.15, 0.2) is 6.61 Å². The van der Waals surface area contributed by atoms with Crippen LogP contribution in [0.1, 0.15) is 0 Å². The van der Waals surface area contributed by atoms with Gasteiger partial charge >= 0.3 is 27.2 Å². The lowest BCUT2D eigenvalue weighted by atomic mass is 10.4. The number of rotatable bonds is 7. The number of nitrogens with zero attached hydrogens (tertiary/aromatic N) is 2. The van der Waals surface area contributed by atoms with Crippen LogP contribution in [-0.4, -0.2) is 43.0 Å². The van der Waals surface area contributed by atoms with Crippen molar-refractivity contribution in [3.63, 3.8) is 0 Å². The van der Waals surface area contributed by atoms with E-state index in [-0.39, 0.29) is 4.47 Å². The molecule has 1 rings (SSSR count). The van der Waals surface area contributed by atoms with Crippen molar-refractivity contribution in [3.8, 4) is 5.88 Å². The van der Waals surface area contributed by atoms with E-state index >= 15 is 0 Å². The van der Waals surface area contributed by atoms with Crippen molar-refractivity contribution < 1.29 is 44.2 Å². The Morgan fingerprint density at radius 2 is 1.83 bits per heavy atom. The van der Waals surface area contributed by atoms with Crippen molar-refractivity contribution in [2.75, 3.05) is 13.2 Å². The second-order valence-electron chi connectivity index (χ2n) is 4.04. The van der Waals surface area contributed by atoms with Gasteiger partial charge in [-0.3, -0.25) is 14.3 Å². The summed E-state index contributed by atoms with van der Waals surface area (Å²) in [6, 6.07) is 0.894. The molecule has 1 aromatic rings. The minimum absolute atomic E-state index is 0.146. The first-order valence-corrected chi connectivity index (χ1v) is 7.71. The minimum Gasteiger partial charge on any atom is -0.466 e. The number of hydrogen-bond acceptors (Lipinski definition) is 7. The Kier molecular flexibility index (Phi) is 6.05. The maximum atomic E-state index is 13.4. The molecule has 0 atom stereocenters. The molecule has 0 amide bonds. The molecule has 1 aromatic heterocycles. The lowest BCUT2D eigenvalue weighted by Crippen LogP contribution is -2.36.